The Bertz CT molecular complexity index is 191. The highest BCUT2D eigenvalue weighted by Gasteiger charge is 2.48. The predicted molar refractivity (Wildman–Crippen MR) is 43.5 cm³/mol. The maximum Gasteiger partial charge on any atom is 0.513 e. The van der Waals surface area contributed by atoms with Gasteiger partial charge in [0.05, 0.1) is 13.1 Å². The van der Waals surface area contributed by atoms with E-state index in [1.165, 1.54) is 0 Å². The predicted octanol–water partition coefficient (Wildman–Crippen LogP) is 1.09. The molecule has 0 radical (unpaired) electrons. The molecule has 0 saturated carbocycles. The lowest BCUT2D eigenvalue weighted by atomic mass is 10.4. The van der Waals surface area contributed by atoms with E-state index in [1.807, 2.05) is 0 Å². The monoisotopic (exact) mass is 199 g/mol. The van der Waals surface area contributed by atoms with Crippen molar-refractivity contribution in [3.63, 3.8) is 0 Å². The summed E-state index contributed by atoms with van der Waals surface area (Å²) in [5.74, 6) is -0.984. The molecule has 6 heteroatoms. The van der Waals surface area contributed by atoms with Crippen LogP contribution in [0.5, 0.6) is 0 Å². The summed E-state index contributed by atoms with van der Waals surface area (Å²) >= 11 is 4.06. The first-order valence-corrected chi connectivity index (χ1v) is 3.86. The van der Waals surface area contributed by atoms with Gasteiger partial charge in [0.25, 0.3) is 12.4 Å². The first-order chi connectivity index (χ1) is 5.47. The Morgan fingerprint density at radius 1 is 1.33 bits per heavy atom. The van der Waals surface area contributed by atoms with E-state index in [2.05, 4.69) is 16.5 Å². The van der Waals surface area contributed by atoms with Gasteiger partial charge >= 0.3 is 12.0 Å². The molecule has 0 aromatic rings. The molecular weight excluding hydrogens is 189 g/mol. The van der Waals surface area contributed by atoms with Crippen LogP contribution in [0, 0.1) is 0 Å². The fraction of sp³-hybridized carbons (Fsp3) is 0.833. The molecule has 0 amide bonds. The van der Waals surface area contributed by atoms with E-state index in [-0.39, 0.29) is 13.1 Å². The van der Waals surface area contributed by atoms with Gasteiger partial charge in [-0.1, -0.05) is 0 Å². The molecule has 0 fully saturated rings. The molecule has 0 N–H and O–H groups in total. The zero-order valence-corrected chi connectivity index (χ0v) is 7.67. The highest BCUT2D eigenvalue weighted by Crippen LogP contribution is 2.17. The summed E-state index contributed by atoms with van der Waals surface area (Å²) in [4.78, 5) is 1.08. The highest BCUT2D eigenvalue weighted by molar-refractivity contribution is 7.46. The SMILES string of the molecule is CCN(CC)C(=[N+]=S)C(F)(F)F. The second-order valence-corrected chi connectivity index (χ2v) is 2.27. The molecule has 0 unspecified atom stereocenters. The standard InChI is InChI=1S/C6H10F3N2S/c1-3-11(4-2)5(10-12)6(7,8)9/h3-4H2,1-2H3/q+1. The summed E-state index contributed by atoms with van der Waals surface area (Å²) in [6.45, 7) is 3.75. The summed E-state index contributed by atoms with van der Waals surface area (Å²) in [5, 5.41) is 0. The topological polar surface area (TPSA) is 17.3 Å². The van der Waals surface area contributed by atoms with Gasteiger partial charge in [-0.15, -0.1) is 4.04 Å². The Hall–Kier alpha value is -0.610. The third kappa shape index (κ3) is 2.79. The van der Waals surface area contributed by atoms with Crippen LogP contribution in [0.3, 0.4) is 0 Å². The molecular formula is C6H10F3N2S+. The number of hydrogen-bond donors (Lipinski definition) is 0. The largest absolute Gasteiger partial charge is 0.513 e. The van der Waals surface area contributed by atoms with Crippen LogP contribution in [0.4, 0.5) is 13.2 Å². The van der Waals surface area contributed by atoms with Crippen molar-refractivity contribution in [1.29, 1.82) is 0 Å². The van der Waals surface area contributed by atoms with Gasteiger partial charge in [-0.25, -0.2) is 4.90 Å². The van der Waals surface area contributed by atoms with Gasteiger partial charge in [-0.3, -0.25) is 0 Å². The van der Waals surface area contributed by atoms with E-state index in [4.69, 9.17) is 0 Å². The van der Waals surface area contributed by atoms with Crippen LogP contribution in [0.15, 0.2) is 0 Å². The van der Waals surface area contributed by atoms with Crippen LogP contribution in [0.1, 0.15) is 13.8 Å². The van der Waals surface area contributed by atoms with Gasteiger partial charge in [0, 0.05) is 0 Å². The molecule has 0 aliphatic carbocycles. The Morgan fingerprint density at radius 2 is 1.75 bits per heavy atom. The Balaban J connectivity index is 4.68. The average Bonchev–Trinajstić information content (AvgIpc) is 1.97. The Kier molecular flexibility index (Phi) is 4.20. The van der Waals surface area contributed by atoms with Crippen LogP contribution in [0.2, 0.25) is 0 Å². The number of rotatable bonds is 2. The molecule has 0 atom stereocenters. The molecule has 0 aliphatic heterocycles. The van der Waals surface area contributed by atoms with E-state index in [0.29, 0.717) is 0 Å². The summed E-state index contributed by atoms with van der Waals surface area (Å²) in [5.41, 5.74) is 0. The number of amidine groups is 1. The maximum atomic E-state index is 12.1. The molecule has 0 aromatic heterocycles. The van der Waals surface area contributed by atoms with Gasteiger partial charge in [-0.05, 0) is 13.8 Å². The van der Waals surface area contributed by atoms with E-state index in [1.54, 1.807) is 13.8 Å². The molecule has 0 saturated heterocycles. The van der Waals surface area contributed by atoms with Gasteiger partial charge in [-0.2, -0.15) is 13.2 Å². The van der Waals surface area contributed by atoms with Crippen LogP contribution >= 0.6 is 0 Å². The Labute approximate surface area is 74.3 Å². The van der Waals surface area contributed by atoms with E-state index in [9.17, 15) is 13.2 Å². The number of halogens is 3. The smallest absolute Gasteiger partial charge is 0.243 e. The molecule has 2 nitrogen and oxygen atoms in total. The van der Waals surface area contributed by atoms with Gasteiger partial charge in [0.15, 0.2) is 0 Å². The minimum atomic E-state index is -4.44. The van der Waals surface area contributed by atoms with E-state index < -0.39 is 12.0 Å². The third-order valence-electron chi connectivity index (χ3n) is 1.40. The molecule has 0 spiro atoms. The van der Waals surface area contributed by atoms with Gasteiger partial charge in [0.1, 0.15) is 0 Å². The first kappa shape index (κ1) is 11.4. The fourth-order valence-corrected chi connectivity index (χ4v) is 1.03. The Morgan fingerprint density at radius 3 is 1.83 bits per heavy atom. The third-order valence-corrected chi connectivity index (χ3v) is 1.58. The summed E-state index contributed by atoms with van der Waals surface area (Å²) in [6, 6.07) is 0. The molecule has 12 heavy (non-hydrogen) atoms. The lowest BCUT2D eigenvalue weighted by molar-refractivity contribution is -0.0686. The second-order valence-electron chi connectivity index (χ2n) is 2.08. The van der Waals surface area contributed by atoms with E-state index >= 15 is 0 Å². The zero-order valence-electron chi connectivity index (χ0n) is 6.85. The van der Waals surface area contributed by atoms with Crippen LogP contribution in [-0.4, -0.2) is 30.0 Å². The number of nitrogens with zero attached hydrogens (tertiary/aromatic N) is 2. The molecule has 70 valence electrons. The van der Waals surface area contributed by atoms with Gasteiger partial charge in [0.2, 0.25) is 0 Å². The summed E-state index contributed by atoms with van der Waals surface area (Å²) < 4.78 is 39.1. The van der Waals surface area contributed by atoms with E-state index in [0.717, 1.165) is 4.90 Å². The molecule has 0 aromatic carbocycles. The lowest BCUT2D eigenvalue weighted by Crippen LogP contribution is -2.42. The van der Waals surface area contributed by atoms with Crippen molar-refractivity contribution in [1.82, 2.24) is 8.94 Å². The molecule has 0 heterocycles. The average molecular weight is 199 g/mol. The van der Waals surface area contributed by atoms with Crippen molar-refractivity contribution in [2.75, 3.05) is 13.1 Å². The normalized spacial score (nSPS) is 10.8. The lowest BCUT2D eigenvalue weighted by Gasteiger charge is -2.12. The van der Waals surface area contributed by atoms with Crippen molar-refractivity contribution in [3.05, 3.63) is 0 Å². The van der Waals surface area contributed by atoms with Crippen LogP contribution < -0.4 is 4.04 Å². The second kappa shape index (κ2) is 4.42. The fourth-order valence-electron chi connectivity index (χ4n) is 0.812. The summed E-state index contributed by atoms with van der Waals surface area (Å²) in [6.07, 6.45) is -4.44. The van der Waals surface area contributed by atoms with Crippen molar-refractivity contribution in [2.24, 2.45) is 0 Å². The van der Waals surface area contributed by atoms with Crippen LogP contribution in [0.25, 0.3) is 0 Å². The quantitative estimate of drug-likeness (QED) is 0.376. The van der Waals surface area contributed by atoms with Gasteiger partial charge < -0.3 is 0 Å². The summed E-state index contributed by atoms with van der Waals surface area (Å²) in [7, 11) is 0. The van der Waals surface area contributed by atoms with Crippen molar-refractivity contribution < 1.29 is 13.2 Å². The molecule has 0 bridgehead atoms. The highest BCUT2D eigenvalue weighted by atomic mass is 32.1. The minimum absolute atomic E-state index is 0.255. The maximum absolute atomic E-state index is 12.1. The molecule has 0 rings (SSSR count). The molecule has 0 aliphatic rings. The minimum Gasteiger partial charge on any atom is -0.243 e. The van der Waals surface area contributed by atoms with Crippen LogP contribution in [-0.2, 0) is 12.4 Å². The van der Waals surface area contributed by atoms with Crippen molar-refractivity contribution in [3.8, 4) is 0 Å². The first-order valence-electron chi connectivity index (χ1n) is 3.49. The van der Waals surface area contributed by atoms with Crippen molar-refractivity contribution >= 4 is 18.3 Å². The van der Waals surface area contributed by atoms with Crippen molar-refractivity contribution in [2.45, 2.75) is 20.0 Å². The number of alkyl halides is 3. The zero-order chi connectivity index (χ0) is 9.78. The number of hydrogen-bond acceptors (Lipinski definition) is 1.